The van der Waals surface area contributed by atoms with E-state index in [0.29, 0.717) is 18.0 Å². The van der Waals surface area contributed by atoms with Crippen molar-refractivity contribution in [2.24, 2.45) is 0 Å². The second kappa shape index (κ2) is 7.94. The quantitative estimate of drug-likeness (QED) is 0.744. The van der Waals surface area contributed by atoms with E-state index in [1.54, 1.807) is 31.3 Å². The molecule has 1 aliphatic heterocycles. The van der Waals surface area contributed by atoms with Crippen molar-refractivity contribution in [2.45, 2.75) is 43.5 Å². The molecule has 5 nitrogen and oxygen atoms in total. The maximum atomic E-state index is 12.6. The van der Waals surface area contributed by atoms with Gasteiger partial charge in [0, 0.05) is 19.6 Å². The predicted octanol–water partition coefficient (Wildman–Crippen LogP) is 2.24. The molecule has 1 unspecified atom stereocenters. The molecule has 1 aliphatic rings. The molecule has 6 heteroatoms. The number of nitrogens with one attached hydrogen (secondary N) is 1. The van der Waals surface area contributed by atoms with Gasteiger partial charge in [0.1, 0.15) is 5.75 Å². The molecule has 1 fully saturated rings. The minimum absolute atomic E-state index is 0.0370. The van der Waals surface area contributed by atoms with Gasteiger partial charge in [0.2, 0.25) is 10.0 Å². The van der Waals surface area contributed by atoms with Gasteiger partial charge in [-0.15, -0.1) is 0 Å². The molecular weight excluding hydrogens is 300 g/mol. The standard InChI is InChI=1S/C16H26N2O3S/c1-3-4-5-12-21-15-6-8-16(9-7-15)22(19,20)18(2)14-10-11-17-13-14/h6-9,14,17H,3-5,10-13H2,1-2H3. The Morgan fingerprint density at radius 2 is 2.00 bits per heavy atom. The van der Waals surface area contributed by atoms with E-state index in [4.69, 9.17) is 4.74 Å². The molecule has 0 saturated carbocycles. The highest BCUT2D eigenvalue weighted by Crippen LogP contribution is 2.22. The lowest BCUT2D eigenvalue weighted by Crippen LogP contribution is -2.38. The summed E-state index contributed by atoms with van der Waals surface area (Å²) >= 11 is 0. The maximum Gasteiger partial charge on any atom is 0.243 e. The number of ether oxygens (including phenoxy) is 1. The van der Waals surface area contributed by atoms with E-state index in [9.17, 15) is 8.42 Å². The molecule has 1 saturated heterocycles. The van der Waals surface area contributed by atoms with Gasteiger partial charge in [-0.05, 0) is 43.7 Å². The van der Waals surface area contributed by atoms with E-state index < -0.39 is 10.0 Å². The molecule has 0 aliphatic carbocycles. The monoisotopic (exact) mass is 326 g/mol. The highest BCUT2D eigenvalue weighted by Gasteiger charge is 2.29. The first-order valence-corrected chi connectivity index (χ1v) is 9.41. The number of unbranched alkanes of at least 4 members (excludes halogenated alkanes) is 2. The van der Waals surface area contributed by atoms with Gasteiger partial charge >= 0.3 is 0 Å². The molecule has 0 bridgehead atoms. The predicted molar refractivity (Wildman–Crippen MR) is 87.7 cm³/mol. The summed E-state index contributed by atoms with van der Waals surface area (Å²) in [6.45, 7) is 4.41. The summed E-state index contributed by atoms with van der Waals surface area (Å²) in [5.74, 6) is 0.722. The fraction of sp³-hybridized carbons (Fsp3) is 0.625. The summed E-state index contributed by atoms with van der Waals surface area (Å²) in [5.41, 5.74) is 0. The largest absolute Gasteiger partial charge is 0.494 e. The fourth-order valence-electron chi connectivity index (χ4n) is 2.56. The van der Waals surface area contributed by atoms with Gasteiger partial charge in [-0.25, -0.2) is 8.42 Å². The van der Waals surface area contributed by atoms with Crippen molar-refractivity contribution >= 4 is 10.0 Å². The van der Waals surface area contributed by atoms with E-state index >= 15 is 0 Å². The molecular formula is C16H26N2O3S. The summed E-state index contributed by atoms with van der Waals surface area (Å²) in [5, 5.41) is 3.19. The van der Waals surface area contributed by atoms with E-state index in [-0.39, 0.29) is 6.04 Å². The summed E-state index contributed by atoms with van der Waals surface area (Å²) in [7, 11) is -1.78. The van der Waals surface area contributed by atoms with Gasteiger partial charge in [0.15, 0.2) is 0 Å². The SMILES string of the molecule is CCCCCOc1ccc(S(=O)(=O)N(C)C2CCNC2)cc1. The zero-order valence-electron chi connectivity index (χ0n) is 13.4. The molecule has 124 valence electrons. The molecule has 1 heterocycles. The lowest BCUT2D eigenvalue weighted by atomic mass is 10.3. The zero-order valence-corrected chi connectivity index (χ0v) is 14.2. The van der Waals surface area contributed by atoms with Crippen molar-refractivity contribution < 1.29 is 13.2 Å². The molecule has 0 spiro atoms. The molecule has 0 aromatic heterocycles. The van der Waals surface area contributed by atoms with Crippen molar-refractivity contribution in [3.63, 3.8) is 0 Å². The first-order valence-electron chi connectivity index (χ1n) is 7.97. The van der Waals surface area contributed by atoms with E-state index in [2.05, 4.69) is 12.2 Å². The summed E-state index contributed by atoms with van der Waals surface area (Å²) in [4.78, 5) is 0.322. The Kier molecular flexibility index (Phi) is 6.23. The number of nitrogens with zero attached hydrogens (tertiary/aromatic N) is 1. The van der Waals surface area contributed by atoms with Crippen molar-refractivity contribution in [3.05, 3.63) is 24.3 Å². The van der Waals surface area contributed by atoms with Gasteiger partial charge in [0.05, 0.1) is 11.5 Å². The highest BCUT2D eigenvalue weighted by molar-refractivity contribution is 7.89. The lowest BCUT2D eigenvalue weighted by Gasteiger charge is -2.23. The Morgan fingerprint density at radius 1 is 1.27 bits per heavy atom. The lowest BCUT2D eigenvalue weighted by molar-refractivity contribution is 0.306. The molecule has 22 heavy (non-hydrogen) atoms. The Hall–Kier alpha value is -1.11. The third-order valence-electron chi connectivity index (χ3n) is 4.07. The number of benzene rings is 1. The number of hydrogen-bond donors (Lipinski definition) is 1. The third kappa shape index (κ3) is 4.21. The first-order chi connectivity index (χ1) is 10.6. The Balaban J connectivity index is 1.99. The van der Waals surface area contributed by atoms with E-state index in [1.807, 2.05) is 0 Å². The molecule has 1 aromatic rings. The van der Waals surface area contributed by atoms with Crippen LogP contribution in [0.2, 0.25) is 0 Å². The van der Waals surface area contributed by atoms with E-state index in [0.717, 1.165) is 38.0 Å². The number of sulfonamides is 1. The summed E-state index contributed by atoms with van der Waals surface area (Å²) in [6, 6.07) is 6.77. The second-order valence-electron chi connectivity index (χ2n) is 5.69. The van der Waals surface area contributed by atoms with Crippen molar-refractivity contribution in [1.82, 2.24) is 9.62 Å². The molecule has 0 amide bonds. The van der Waals surface area contributed by atoms with Crippen LogP contribution in [-0.4, -0.2) is 45.5 Å². The highest BCUT2D eigenvalue weighted by atomic mass is 32.2. The van der Waals surface area contributed by atoms with Gasteiger partial charge in [-0.3, -0.25) is 0 Å². The van der Waals surface area contributed by atoms with Crippen LogP contribution < -0.4 is 10.1 Å². The first kappa shape index (κ1) is 17.2. The molecule has 1 atom stereocenters. The van der Waals surface area contributed by atoms with Crippen LogP contribution in [0.4, 0.5) is 0 Å². The molecule has 2 rings (SSSR count). The maximum absolute atomic E-state index is 12.6. The zero-order chi connectivity index (χ0) is 16.0. The molecule has 0 radical (unpaired) electrons. The average Bonchev–Trinajstić information content (AvgIpc) is 3.05. The summed E-state index contributed by atoms with van der Waals surface area (Å²) < 4.78 is 32.3. The van der Waals surface area contributed by atoms with Gasteiger partial charge in [0.25, 0.3) is 0 Å². The summed E-state index contributed by atoms with van der Waals surface area (Å²) in [6.07, 6.45) is 4.18. The van der Waals surface area contributed by atoms with Crippen LogP contribution in [-0.2, 0) is 10.0 Å². The van der Waals surface area contributed by atoms with Crippen molar-refractivity contribution in [2.75, 3.05) is 26.7 Å². The van der Waals surface area contributed by atoms with Crippen LogP contribution in [0.1, 0.15) is 32.6 Å². The van der Waals surface area contributed by atoms with Crippen molar-refractivity contribution in [3.8, 4) is 5.75 Å². The number of likely N-dealkylation sites (N-methyl/N-ethyl adjacent to an activating group) is 1. The van der Waals surface area contributed by atoms with Gasteiger partial charge < -0.3 is 10.1 Å². The van der Waals surface area contributed by atoms with Crippen LogP contribution in [0.15, 0.2) is 29.2 Å². The topological polar surface area (TPSA) is 58.6 Å². The minimum Gasteiger partial charge on any atom is -0.494 e. The minimum atomic E-state index is -3.43. The second-order valence-corrected chi connectivity index (χ2v) is 7.69. The third-order valence-corrected chi connectivity index (χ3v) is 5.99. The number of hydrogen-bond acceptors (Lipinski definition) is 4. The molecule has 1 aromatic carbocycles. The van der Waals surface area contributed by atoms with E-state index in [1.165, 1.54) is 4.31 Å². The fourth-order valence-corrected chi connectivity index (χ4v) is 3.95. The normalized spacial score (nSPS) is 18.8. The smallest absolute Gasteiger partial charge is 0.243 e. The molecule has 1 N–H and O–H groups in total. The Labute approximate surface area is 133 Å². The van der Waals surface area contributed by atoms with Crippen LogP contribution in [0.3, 0.4) is 0 Å². The number of rotatable bonds is 8. The van der Waals surface area contributed by atoms with Gasteiger partial charge in [-0.2, -0.15) is 4.31 Å². The van der Waals surface area contributed by atoms with Crippen LogP contribution >= 0.6 is 0 Å². The van der Waals surface area contributed by atoms with Gasteiger partial charge in [-0.1, -0.05) is 19.8 Å². The van der Waals surface area contributed by atoms with Crippen LogP contribution in [0, 0.1) is 0 Å². The van der Waals surface area contributed by atoms with Crippen LogP contribution in [0.5, 0.6) is 5.75 Å². The van der Waals surface area contributed by atoms with Crippen LogP contribution in [0.25, 0.3) is 0 Å². The Bertz CT molecular complexity index is 551. The average molecular weight is 326 g/mol. The Morgan fingerprint density at radius 3 is 2.59 bits per heavy atom. The van der Waals surface area contributed by atoms with Crippen molar-refractivity contribution in [1.29, 1.82) is 0 Å².